The number of phenolic OH excluding ortho intramolecular Hbond substituents is 1. The van der Waals surface area contributed by atoms with E-state index in [2.05, 4.69) is 40.1 Å². The Morgan fingerprint density at radius 3 is 1.30 bits per heavy atom. The minimum absolute atomic E-state index is 0.0167. The van der Waals surface area contributed by atoms with E-state index in [9.17, 15) is 19.5 Å². The molecule has 0 unspecified atom stereocenters. The SMILES string of the molecule is CCOC(C)=O.[C-]#[N+]c1cc(N2CCN(c3ccc(C(=O)OC)cc3)CC2)ccc1C.[C-]#[N+]c1cc(N2CCN(c3ccc(C(=O)OC)cc3)CC2)ccc1O. The summed E-state index contributed by atoms with van der Waals surface area (Å²) in [7, 11) is 2.76. The number of phenols is 1. The van der Waals surface area contributed by atoms with Crippen molar-refractivity contribution in [3.05, 3.63) is 124 Å². The molecule has 0 atom stereocenters. The van der Waals surface area contributed by atoms with Crippen LogP contribution in [-0.4, -0.2) is 96.2 Å². The van der Waals surface area contributed by atoms with Crippen LogP contribution in [-0.2, 0) is 19.0 Å². The molecule has 0 spiro atoms. The fraction of sp³-hybridized carbons (Fsp3) is 0.326. The molecule has 6 rings (SSSR count). The van der Waals surface area contributed by atoms with Gasteiger partial charge in [-0.25, -0.2) is 19.3 Å². The molecule has 2 fully saturated rings. The lowest BCUT2D eigenvalue weighted by atomic mass is 10.1. The van der Waals surface area contributed by atoms with Crippen LogP contribution < -0.4 is 19.6 Å². The average Bonchev–Trinajstić information content (AvgIpc) is 3.24. The van der Waals surface area contributed by atoms with Gasteiger partial charge in [-0.1, -0.05) is 6.07 Å². The largest absolute Gasteiger partial charge is 0.519 e. The van der Waals surface area contributed by atoms with Crippen LogP contribution in [0.5, 0.6) is 5.75 Å². The predicted octanol–water partition coefficient (Wildman–Crippen LogP) is 7.28. The van der Waals surface area contributed by atoms with Gasteiger partial charge in [-0.05, 0) is 98.3 Å². The van der Waals surface area contributed by atoms with E-state index in [-0.39, 0.29) is 29.3 Å². The first-order chi connectivity index (χ1) is 27.0. The van der Waals surface area contributed by atoms with Crippen molar-refractivity contribution in [2.75, 3.05) is 92.8 Å². The molecule has 0 amide bonds. The van der Waals surface area contributed by atoms with Crippen molar-refractivity contribution in [2.45, 2.75) is 20.8 Å². The summed E-state index contributed by atoms with van der Waals surface area (Å²) in [5, 5.41) is 9.63. The molecule has 2 aliphatic rings. The summed E-state index contributed by atoms with van der Waals surface area (Å²) in [4.78, 5) is 48.8. The third-order valence-electron chi connectivity index (χ3n) is 9.34. The van der Waals surface area contributed by atoms with Crippen molar-refractivity contribution in [3.8, 4) is 5.75 Å². The number of carbonyl (C=O) groups is 3. The molecule has 56 heavy (non-hydrogen) atoms. The number of piperazine rings is 2. The maximum atomic E-state index is 11.5. The minimum Gasteiger partial charge on any atom is -0.519 e. The fourth-order valence-corrected chi connectivity index (χ4v) is 6.21. The number of methoxy groups -OCH3 is 2. The third-order valence-corrected chi connectivity index (χ3v) is 9.34. The van der Waals surface area contributed by atoms with Crippen molar-refractivity contribution in [2.24, 2.45) is 0 Å². The molecule has 0 aromatic heterocycles. The first-order valence-corrected chi connectivity index (χ1v) is 18.2. The maximum absolute atomic E-state index is 11.5. The van der Waals surface area contributed by atoms with Crippen molar-refractivity contribution in [3.63, 3.8) is 0 Å². The van der Waals surface area contributed by atoms with Gasteiger partial charge >= 0.3 is 17.9 Å². The average molecular weight is 761 g/mol. The lowest BCUT2D eigenvalue weighted by Crippen LogP contribution is -2.46. The van der Waals surface area contributed by atoms with E-state index in [1.165, 1.54) is 21.1 Å². The number of benzene rings is 4. The highest BCUT2D eigenvalue weighted by Crippen LogP contribution is 2.32. The van der Waals surface area contributed by atoms with Crippen LogP contribution in [0.4, 0.5) is 34.1 Å². The molecule has 0 saturated carbocycles. The monoisotopic (exact) mass is 760 g/mol. The van der Waals surface area contributed by atoms with Gasteiger partial charge in [-0.2, -0.15) is 0 Å². The van der Waals surface area contributed by atoms with E-state index in [1.807, 2.05) is 49.4 Å². The molecule has 0 bridgehead atoms. The van der Waals surface area contributed by atoms with Crippen molar-refractivity contribution >= 4 is 52.0 Å². The van der Waals surface area contributed by atoms with Crippen LogP contribution in [0.1, 0.15) is 40.1 Å². The Morgan fingerprint density at radius 1 is 0.607 bits per heavy atom. The standard InChI is InChI=1S/C20H21N3O2.C19H19N3O3.C4H8O2/c1-15-4-7-18(14-19(15)21-2)23-12-10-22(11-13-23)17-8-5-16(6-9-17)20(24)25-3;1-20-17-13-16(7-8-18(17)23)22-11-9-21(10-12-22)15-5-3-14(4-6-15)19(24)25-2;1-3-6-4(2)5/h4-9,14H,10-13H2,1,3H3;3-8,13,23H,9-12H2,2H3;3H2,1-2H3. The lowest BCUT2D eigenvalue weighted by Gasteiger charge is -2.37. The van der Waals surface area contributed by atoms with Crippen LogP contribution in [0, 0.1) is 20.1 Å². The normalized spacial score (nSPS) is 13.4. The number of ether oxygens (including phenoxy) is 3. The summed E-state index contributed by atoms with van der Waals surface area (Å²) >= 11 is 0. The van der Waals surface area contributed by atoms with Crippen LogP contribution in [0.15, 0.2) is 84.9 Å². The predicted molar refractivity (Wildman–Crippen MR) is 219 cm³/mol. The van der Waals surface area contributed by atoms with Gasteiger partial charge in [-0.15, -0.1) is 0 Å². The Hall–Kier alpha value is -6.73. The molecule has 4 aromatic carbocycles. The van der Waals surface area contributed by atoms with E-state index in [0.717, 1.165) is 86.4 Å². The van der Waals surface area contributed by atoms with Gasteiger partial charge in [0.25, 0.3) is 0 Å². The Labute approximate surface area is 328 Å². The van der Waals surface area contributed by atoms with E-state index in [1.54, 1.807) is 43.3 Å². The Balaban J connectivity index is 0.000000217. The lowest BCUT2D eigenvalue weighted by molar-refractivity contribution is -0.140. The zero-order valence-corrected chi connectivity index (χ0v) is 32.5. The Morgan fingerprint density at radius 2 is 0.964 bits per heavy atom. The molecule has 13 heteroatoms. The molecule has 0 aliphatic carbocycles. The number of hydrogen-bond donors (Lipinski definition) is 1. The van der Waals surface area contributed by atoms with Gasteiger partial charge in [0.15, 0.2) is 5.69 Å². The number of carbonyl (C=O) groups excluding carboxylic acids is 3. The van der Waals surface area contributed by atoms with Gasteiger partial charge in [0, 0.05) is 82.0 Å². The molecule has 2 saturated heterocycles. The molecule has 13 nitrogen and oxygen atoms in total. The summed E-state index contributed by atoms with van der Waals surface area (Å²) in [6.45, 7) is 26.9. The van der Waals surface area contributed by atoms with Crippen LogP contribution in [0.3, 0.4) is 0 Å². The first-order valence-electron chi connectivity index (χ1n) is 18.2. The van der Waals surface area contributed by atoms with Gasteiger partial charge in [0.05, 0.1) is 45.1 Å². The zero-order chi connectivity index (χ0) is 40.6. The van der Waals surface area contributed by atoms with E-state index >= 15 is 0 Å². The summed E-state index contributed by atoms with van der Waals surface area (Å²) in [5.74, 6) is -0.841. The second kappa shape index (κ2) is 20.7. The number of aromatic hydroxyl groups is 1. The molecule has 0 radical (unpaired) electrons. The van der Waals surface area contributed by atoms with Crippen molar-refractivity contribution in [1.29, 1.82) is 0 Å². The van der Waals surface area contributed by atoms with Crippen LogP contribution >= 0.6 is 0 Å². The van der Waals surface area contributed by atoms with Gasteiger partial charge in [0.2, 0.25) is 5.69 Å². The summed E-state index contributed by atoms with van der Waals surface area (Å²) < 4.78 is 13.8. The van der Waals surface area contributed by atoms with E-state index < -0.39 is 0 Å². The highest BCUT2D eigenvalue weighted by Gasteiger charge is 2.20. The number of anilines is 4. The molecule has 2 aliphatic heterocycles. The molecule has 292 valence electrons. The first kappa shape index (κ1) is 42.0. The number of hydrogen-bond acceptors (Lipinski definition) is 11. The highest BCUT2D eigenvalue weighted by atomic mass is 16.5. The number of aryl methyl sites for hydroxylation is 1. The van der Waals surface area contributed by atoms with Crippen molar-refractivity contribution < 1.29 is 33.7 Å². The van der Waals surface area contributed by atoms with Gasteiger partial charge in [-0.3, -0.25) is 4.79 Å². The quantitative estimate of drug-likeness (QED) is 0.116. The summed E-state index contributed by atoms with van der Waals surface area (Å²) in [6.07, 6.45) is 0. The van der Waals surface area contributed by atoms with Crippen molar-refractivity contribution in [1.82, 2.24) is 0 Å². The fourth-order valence-electron chi connectivity index (χ4n) is 6.21. The Bertz CT molecular complexity index is 1880. The van der Waals surface area contributed by atoms with E-state index in [4.69, 9.17) is 22.6 Å². The molecular formula is C43H48N6O7. The molecule has 4 aromatic rings. The Kier molecular flexibility index (Phi) is 15.5. The molecule has 1 N–H and O–H groups in total. The second-order valence-corrected chi connectivity index (χ2v) is 12.8. The maximum Gasteiger partial charge on any atom is 0.337 e. The molecular weight excluding hydrogens is 713 g/mol. The number of nitrogens with zero attached hydrogens (tertiary/aromatic N) is 6. The van der Waals surface area contributed by atoms with Gasteiger partial charge in [0.1, 0.15) is 5.75 Å². The topological polar surface area (TPSA) is 121 Å². The van der Waals surface area contributed by atoms with E-state index in [0.29, 0.717) is 17.7 Å². The van der Waals surface area contributed by atoms with Crippen LogP contribution in [0.25, 0.3) is 9.69 Å². The van der Waals surface area contributed by atoms with Gasteiger partial charge < -0.3 is 38.9 Å². The highest BCUT2D eigenvalue weighted by molar-refractivity contribution is 5.90. The second-order valence-electron chi connectivity index (χ2n) is 12.8. The zero-order valence-electron chi connectivity index (χ0n) is 32.5. The van der Waals surface area contributed by atoms with Crippen LogP contribution in [0.2, 0.25) is 0 Å². The number of esters is 3. The summed E-state index contributed by atoms with van der Waals surface area (Å²) in [6, 6.07) is 26.1. The smallest absolute Gasteiger partial charge is 0.337 e. The number of rotatable bonds is 7. The third kappa shape index (κ3) is 11.4. The minimum atomic E-state index is -0.334. The molecule has 2 heterocycles. The summed E-state index contributed by atoms with van der Waals surface area (Å²) in [5.41, 5.74) is 7.36.